The van der Waals surface area contributed by atoms with Crippen molar-refractivity contribution in [2.24, 2.45) is 5.92 Å². The van der Waals surface area contributed by atoms with Crippen LogP contribution < -0.4 is 14.4 Å². The number of rotatable bonds is 8. The van der Waals surface area contributed by atoms with Crippen molar-refractivity contribution in [3.05, 3.63) is 66.2 Å². The molecule has 11 heteroatoms. The zero-order valence-corrected chi connectivity index (χ0v) is 24.5. The van der Waals surface area contributed by atoms with E-state index in [0.717, 1.165) is 72.2 Å². The van der Waals surface area contributed by atoms with Crippen LogP contribution in [0.15, 0.2) is 55.1 Å². The topological polar surface area (TPSA) is 116 Å². The Kier molecular flexibility index (Phi) is 7.25. The van der Waals surface area contributed by atoms with Crippen molar-refractivity contribution in [1.82, 2.24) is 24.5 Å². The van der Waals surface area contributed by atoms with Crippen molar-refractivity contribution in [3.8, 4) is 28.8 Å². The minimum absolute atomic E-state index is 0.189. The number of nitriles is 1. The number of aromatic nitrogens is 4. The summed E-state index contributed by atoms with van der Waals surface area (Å²) in [4.78, 5) is 14.2. The molecule has 4 saturated heterocycles. The van der Waals surface area contributed by atoms with Gasteiger partial charge in [-0.1, -0.05) is 6.07 Å². The third-order valence-corrected chi connectivity index (χ3v) is 10.3. The molecule has 2 bridgehead atoms. The van der Waals surface area contributed by atoms with E-state index >= 15 is 0 Å². The summed E-state index contributed by atoms with van der Waals surface area (Å²) < 4.78 is 21.2. The molecular formula is C31H34N8O2S. The van der Waals surface area contributed by atoms with Crippen LogP contribution in [0.25, 0.3) is 16.6 Å². The molecule has 0 saturated carbocycles. The van der Waals surface area contributed by atoms with Gasteiger partial charge in [-0.3, -0.25) is 9.68 Å². The molecule has 4 aliphatic heterocycles. The Morgan fingerprint density at radius 2 is 1.90 bits per heavy atom. The number of nitrogens with one attached hydrogen (secondary N) is 1. The average molecular weight is 583 g/mol. The van der Waals surface area contributed by atoms with Gasteiger partial charge in [-0.05, 0) is 48.9 Å². The molecule has 0 aromatic carbocycles. The van der Waals surface area contributed by atoms with Crippen molar-refractivity contribution in [3.63, 3.8) is 0 Å². The summed E-state index contributed by atoms with van der Waals surface area (Å²) in [5, 5.41) is 14.2. The number of hydrogen-bond acceptors (Lipinski definition) is 9. The fraction of sp³-hybridized carbons (Fsp3) is 0.419. The van der Waals surface area contributed by atoms with Crippen LogP contribution in [0.5, 0.6) is 11.6 Å². The first-order chi connectivity index (χ1) is 20.6. The van der Waals surface area contributed by atoms with E-state index in [2.05, 4.69) is 44.2 Å². The number of piperidine rings is 1. The molecule has 4 aliphatic rings. The Bertz CT molecular complexity index is 1630. The predicted octanol–water partition coefficient (Wildman–Crippen LogP) is 4.30. The summed E-state index contributed by atoms with van der Waals surface area (Å²) in [5.74, 6) is 4.76. The average Bonchev–Trinajstić information content (AvgIpc) is 3.46. The third kappa shape index (κ3) is 5.21. The highest BCUT2D eigenvalue weighted by atomic mass is 32.2. The quantitative estimate of drug-likeness (QED) is 0.327. The number of pyridine rings is 3. The van der Waals surface area contributed by atoms with E-state index in [-0.39, 0.29) is 10.7 Å². The lowest BCUT2D eigenvalue weighted by atomic mass is 9.87. The summed E-state index contributed by atoms with van der Waals surface area (Å²) in [6.07, 6.45) is 10.6. The van der Waals surface area contributed by atoms with Crippen LogP contribution in [-0.2, 0) is 17.2 Å². The van der Waals surface area contributed by atoms with Gasteiger partial charge >= 0.3 is 0 Å². The second-order valence-corrected chi connectivity index (χ2v) is 13.2. The minimum atomic E-state index is -0.189. The van der Waals surface area contributed by atoms with Gasteiger partial charge in [-0.15, -0.1) is 10.7 Å². The van der Waals surface area contributed by atoms with Crippen LogP contribution in [0, 0.1) is 22.0 Å². The van der Waals surface area contributed by atoms with Gasteiger partial charge in [-0.2, -0.15) is 10.4 Å². The van der Waals surface area contributed by atoms with E-state index in [4.69, 9.17) is 19.2 Å². The Hall–Kier alpha value is -4.01. The Morgan fingerprint density at radius 3 is 2.60 bits per heavy atom. The van der Waals surface area contributed by atoms with E-state index in [1.54, 1.807) is 17.8 Å². The first-order valence-electron chi connectivity index (χ1n) is 14.5. The molecular weight excluding hydrogens is 548 g/mol. The van der Waals surface area contributed by atoms with Crippen LogP contribution in [0.2, 0.25) is 0 Å². The van der Waals surface area contributed by atoms with E-state index in [9.17, 15) is 5.26 Å². The number of piperazine rings is 1. The van der Waals surface area contributed by atoms with Crippen molar-refractivity contribution < 1.29 is 9.47 Å². The largest absolute Gasteiger partial charge is 0.492 e. The van der Waals surface area contributed by atoms with Gasteiger partial charge in [0, 0.05) is 72.8 Å². The summed E-state index contributed by atoms with van der Waals surface area (Å²) in [7, 11) is 1.45. The van der Waals surface area contributed by atoms with Gasteiger partial charge in [0.15, 0.2) is 0 Å². The number of hydrogen-bond donors (Lipinski definition) is 1. The van der Waals surface area contributed by atoms with E-state index in [0.29, 0.717) is 36.1 Å². The van der Waals surface area contributed by atoms with E-state index in [1.165, 1.54) is 12.0 Å². The minimum Gasteiger partial charge on any atom is -0.492 e. The lowest BCUT2D eigenvalue weighted by Crippen LogP contribution is -2.68. The highest BCUT2D eigenvalue weighted by molar-refractivity contribution is 7.86. The zero-order chi connectivity index (χ0) is 28.6. The highest BCUT2D eigenvalue weighted by Gasteiger charge is 2.44. The molecule has 0 aliphatic carbocycles. The van der Waals surface area contributed by atoms with E-state index in [1.807, 2.05) is 30.7 Å². The third-order valence-electron chi connectivity index (χ3n) is 8.84. The molecule has 216 valence electrons. The molecule has 42 heavy (non-hydrogen) atoms. The molecule has 0 radical (unpaired) electrons. The number of methoxy groups -OCH3 is 1. The molecule has 4 aromatic heterocycles. The maximum atomic E-state index is 9.76. The van der Waals surface area contributed by atoms with Crippen LogP contribution in [0.1, 0.15) is 30.4 Å². The molecule has 0 spiro atoms. The SMILES string of the molecule is COc1ccc(CN2C3CC2CN(c2ccc(-c4cc(OCC5CCS(=N)CC5)cn5ncc(C#N)c45)cn2)C3)cn1. The molecule has 2 atom stereocenters. The summed E-state index contributed by atoms with van der Waals surface area (Å²) in [6, 6.07) is 13.5. The molecule has 8 rings (SSSR count). The van der Waals surface area contributed by atoms with Crippen LogP contribution in [0.3, 0.4) is 0 Å². The monoisotopic (exact) mass is 582 g/mol. The van der Waals surface area contributed by atoms with Gasteiger partial charge in [-0.25, -0.2) is 14.5 Å². The van der Waals surface area contributed by atoms with Crippen LogP contribution in [-0.4, -0.2) is 74.9 Å². The Labute approximate surface area is 247 Å². The van der Waals surface area contributed by atoms with Gasteiger partial charge in [0.1, 0.15) is 17.6 Å². The predicted molar refractivity (Wildman–Crippen MR) is 162 cm³/mol. The molecule has 8 heterocycles. The molecule has 2 unspecified atom stereocenters. The van der Waals surface area contributed by atoms with Gasteiger partial charge in [0.25, 0.3) is 0 Å². The van der Waals surface area contributed by atoms with Gasteiger partial charge in [0.2, 0.25) is 5.88 Å². The first-order valence-corrected chi connectivity index (χ1v) is 16.0. The first kappa shape index (κ1) is 26.9. The van der Waals surface area contributed by atoms with Crippen molar-refractivity contribution in [2.45, 2.75) is 37.9 Å². The second-order valence-electron chi connectivity index (χ2n) is 11.4. The normalized spacial score (nSPS) is 23.8. The summed E-state index contributed by atoms with van der Waals surface area (Å²) >= 11 is 0. The highest BCUT2D eigenvalue weighted by Crippen LogP contribution is 2.37. The molecule has 10 nitrogen and oxygen atoms in total. The van der Waals surface area contributed by atoms with Gasteiger partial charge < -0.3 is 14.4 Å². The van der Waals surface area contributed by atoms with Crippen molar-refractivity contribution in [1.29, 1.82) is 10.0 Å². The van der Waals surface area contributed by atoms with Crippen LogP contribution in [0.4, 0.5) is 5.82 Å². The lowest BCUT2D eigenvalue weighted by molar-refractivity contribution is -0.00876. The maximum Gasteiger partial charge on any atom is 0.212 e. The van der Waals surface area contributed by atoms with Gasteiger partial charge in [0.05, 0.1) is 37.2 Å². The lowest BCUT2D eigenvalue weighted by Gasteiger charge is -2.56. The van der Waals surface area contributed by atoms with E-state index < -0.39 is 0 Å². The molecule has 0 amide bonds. The Balaban J connectivity index is 1.06. The number of ether oxygens (including phenoxy) is 2. The maximum absolute atomic E-state index is 9.76. The number of anilines is 1. The van der Waals surface area contributed by atoms with Crippen molar-refractivity contribution >= 4 is 22.0 Å². The second kappa shape index (κ2) is 11.3. The van der Waals surface area contributed by atoms with Crippen molar-refractivity contribution in [2.75, 3.05) is 43.2 Å². The smallest absolute Gasteiger partial charge is 0.212 e. The Morgan fingerprint density at radius 1 is 1.07 bits per heavy atom. The molecule has 1 N–H and O–H groups in total. The molecule has 4 fully saturated rings. The summed E-state index contributed by atoms with van der Waals surface area (Å²) in [6.45, 7) is 3.43. The standard InChI is InChI=1S/C31H34N8O2S/c1-40-30-5-2-22(13-35-30)16-38-25-10-26(38)18-37(17-25)29-4-3-23(14-34-29)28-11-27(19-39-31(28)24(12-32)15-36-39)41-20-21-6-8-42(33)9-7-21/h2-5,11,13-15,19,21,25-26,33H,6-10,16-18,20H2,1H3. The fourth-order valence-corrected chi connectivity index (χ4v) is 7.86. The number of fused-ring (bicyclic) bond motifs is 3. The molecule has 4 aromatic rings. The number of nitrogens with zero attached hydrogens (tertiary/aromatic N) is 7. The summed E-state index contributed by atoms with van der Waals surface area (Å²) in [5.41, 5.74) is 4.31. The van der Waals surface area contributed by atoms with Crippen LogP contribution >= 0.6 is 0 Å². The fourth-order valence-electron chi connectivity index (χ4n) is 6.42. The zero-order valence-electron chi connectivity index (χ0n) is 23.6.